The zero-order valence-electron chi connectivity index (χ0n) is 7.44. The van der Waals surface area contributed by atoms with Gasteiger partial charge in [-0.1, -0.05) is 32.8 Å². The minimum atomic E-state index is -1.02. The van der Waals surface area contributed by atoms with E-state index in [2.05, 4.69) is 18.2 Å². The molecule has 0 bridgehead atoms. The molecule has 0 aliphatic heterocycles. The van der Waals surface area contributed by atoms with Crippen molar-refractivity contribution < 1.29 is 13.9 Å². The number of ether oxygens (including phenoxy) is 1. The Balaban J connectivity index is 3.20. The maximum Gasteiger partial charge on any atom is 0.366 e. The molecule has 0 N–H and O–H groups in total. The first-order chi connectivity index (χ1) is 5.68. The van der Waals surface area contributed by atoms with Gasteiger partial charge in [0, 0.05) is 0 Å². The largest absolute Gasteiger partial charge is 0.460 e. The molecule has 0 spiro atoms. The molecule has 0 aromatic heterocycles. The monoisotopic (exact) mass is 174 g/mol. The average Bonchev–Trinajstić information content (AvgIpc) is 2.03. The lowest BCUT2D eigenvalue weighted by molar-refractivity contribution is -0.140. The third-order valence-corrected chi connectivity index (χ3v) is 1.45. The molecule has 3 heteroatoms. The lowest BCUT2D eigenvalue weighted by atomic mass is 10.2. The van der Waals surface area contributed by atoms with E-state index in [1.165, 1.54) is 0 Å². The molecule has 70 valence electrons. The molecule has 0 amide bonds. The fourth-order valence-corrected chi connectivity index (χ4v) is 0.772. The van der Waals surface area contributed by atoms with Crippen LogP contribution in [0.2, 0.25) is 0 Å². The summed E-state index contributed by atoms with van der Waals surface area (Å²) >= 11 is 0. The van der Waals surface area contributed by atoms with E-state index in [1.54, 1.807) is 0 Å². The fourth-order valence-electron chi connectivity index (χ4n) is 0.772. The van der Waals surface area contributed by atoms with Gasteiger partial charge in [-0.15, -0.1) is 0 Å². The van der Waals surface area contributed by atoms with Crippen LogP contribution < -0.4 is 0 Å². The number of unbranched alkanes of at least 4 members (excludes halogenated alkanes) is 3. The Morgan fingerprint density at radius 3 is 2.58 bits per heavy atom. The van der Waals surface area contributed by atoms with Crippen LogP contribution in [0.25, 0.3) is 0 Å². The van der Waals surface area contributed by atoms with Crippen LogP contribution in [0.1, 0.15) is 32.6 Å². The van der Waals surface area contributed by atoms with Crippen LogP contribution in [0.4, 0.5) is 4.39 Å². The highest BCUT2D eigenvalue weighted by Crippen LogP contribution is 2.01. The van der Waals surface area contributed by atoms with Gasteiger partial charge in [-0.05, 0) is 6.42 Å². The highest BCUT2D eigenvalue weighted by molar-refractivity contribution is 5.85. The van der Waals surface area contributed by atoms with Gasteiger partial charge in [0.25, 0.3) is 0 Å². The molecular weight excluding hydrogens is 159 g/mol. The smallest absolute Gasteiger partial charge is 0.366 e. The van der Waals surface area contributed by atoms with Crippen LogP contribution in [0.5, 0.6) is 0 Å². The molecule has 0 radical (unpaired) electrons. The Labute approximate surface area is 72.4 Å². The van der Waals surface area contributed by atoms with Crippen LogP contribution in [0.3, 0.4) is 0 Å². The lowest BCUT2D eigenvalue weighted by Crippen LogP contribution is -2.05. The minimum Gasteiger partial charge on any atom is -0.460 e. The third-order valence-electron chi connectivity index (χ3n) is 1.45. The van der Waals surface area contributed by atoms with E-state index >= 15 is 0 Å². The van der Waals surface area contributed by atoms with Gasteiger partial charge in [0.2, 0.25) is 5.83 Å². The predicted octanol–water partition coefficient (Wildman–Crippen LogP) is 2.59. The molecule has 0 aliphatic rings. The minimum absolute atomic E-state index is 0.293. The zero-order valence-corrected chi connectivity index (χ0v) is 7.44. The highest BCUT2D eigenvalue weighted by Gasteiger charge is 2.05. The quantitative estimate of drug-likeness (QED) is 0.351. The second-order valence-corrected chi connectivity index (χ2v) is 2.60. The first-order valence-electron chi connectivity index (χ1n) is 4.20. The second-order valence-electron chi connectivity index (χ2n) is 2.60. The van der Waals surface area contributed by atoms with Crippen LogP contribution >= 0.6 is 0 Å². The molecule has 0 heterocycles. The summed E-state index contributed by atoms with van der Waals surface area (Å²) in [4.78, 5) is 10.5. The zero-order chi connectivity index (χ0) is 9.40. The van der Waals surface area contributed by atoms with Crippen LogP contribution in [0.15, 0.2) is 12.4 Å². The summed E-state index contributed by atoms with van der Waals surface area (Å²) in [5.41, 5.74) is 0. The lowest BCUT2D eigenvalue weighted by Gasteiger charge is -2.01. The molecule has 0 aromatic rings. The normalized spacial score (nSPS) is 9.50. The predicted molar refractivity (Wildman–Crippen MR) is 45.3 cm³/mol. The standard InChI is InChI=1S/C9H15FO2/c1-3-4-5-6-7-12-9(11)8(2)10/h2-7H2,1H3. The Kier molecular flexibility index (Phi) is 6.34. The first kappa shape index (κ1) is 11.1. The molecule has 0 aromatic carbocycles. The number of carbonyl (C=O) groups is 1. The van der Waals surface area contributed by atoms with Gasteiger partial charge < -0.3 is 4.74 Å². The Hall–Kier alpha value is -0.860. The SMILES string of the molecule is C=C(F)C(=O)OCCCCCC. The molecule has 0 saturated heterocycles. The number of halogens is 1. The molecule has 0 fully saturated rings. The van der Waals surface area contributed by atoms with Crippen molar-refractivity contribution in [2.45, 2.75) is 32.6 Å². The van der Waals surface area contributed by atoms with E-state index in [0.717, 1.165) is 25.7 Å². The van der Waals surface area contributed by atoms with Gasteiger partial charge in [0.05, 0.1) is 6.61 Å². The van der Waals surface area contributed by atoms with E-state index in [4.69, 9.17) is 0 Å². The van der Waals surface area contributed by atoms with E-state index in [9.17, 15) is 9.18 Å². The summed E-state index contributed by atoms with van der Waals surface area (Å²) in [5, 5.41) is 0. The molecule has 2 nitrogen and oxygen atoms in total. The first-order valence-corrected chi connectivity index (χ1v) is 4.20. The number of carbonyl (C=O) groups excluding carboxylic acids is 1. The molecule has 12 heavy (non-hydrogen) atoms. The maximum absolute atomic E-state index is 12.0. The summed E-state index contributed by atoms with van der Waals surface area (Å²) < 4.78 is 16.5. The van der Waals surface area contributed by atoms with Crippen molar-refractivity contribution in [3.63, 3.8) is 0 Å². The average molecular weight is 174 g/mol. The van der Waals surface area contributed by atoms with Crippen molar-refractivity contribution in [1.82, 2.24) is 0 Å². The Morgan fingerprint density at radius 1 is 1.42 bits per heavy atom. The molecule has 0 saturated carbocycles. The van der Waals surface area contributed by atoms with Crippen molar-refractivity contribution >= 4 is 5.97 Å². The number of esters is 1. The van der Waals surface area contributed by atoms with Gasteiger partial charge in [0.1, 0.15) is 0 Å². The van der Waals surface area contributed by atoms with Gasteiger partial charge in [-0.25, -0.2) is 4.79 Å². The topological polar surface area (TPSA) is 26.3 Å². The van der Waals surface area contributed by atoms with E-state index in [-0.39, 0.29) is 0 Å². The van der Waals surface area contributed by atoms with Crippen molar-refractivity contribution in [3.05, 3.63) is 12.4 Å². The van der Waals surface area contributed by atoms with E-state index in [0.29, 0.717) is 6.61 Å². The van der Waals surface area contributed by atoms with Crippen molar-refractivity contribution in [2.24, 2.45) is 0 Å². The molecule has 0 unspecified atom stereocenters. The Bertz CT molecular complexity index is 155. The molecule has 0 atom stereocenters. The molecule has 0 rings (SSSR count). The molecule has 0 aliphatic carbocycles. The number of hydrogen-bond acceptors (Lipinski definition) is 2. The van der Waals surface area contributed by atoms with Gasteiger partial charge in [0.15, 0.2) is 0 Å². The van der Waals surface area contributed by atoms with E-state index < -0.39 is 11.8 Å². The van der Waals surface area contributed by atoms with E-state index in [1.807, 2.05) is 0 Å². The Morgan fingerprint density at radius 2 is 2.08 bits per heavy atom. The second kappa shape index (κ2) is 6.83. The number of rotatable bonds is 6. The number of hydrogen-bond donors (Lipinski definition) is 0. The van der Waals surface area contributed by atoms with Crippen LogP contribution in [-0.4, -0.2) is 12.6 Å². The van der Waals surface area contributed by atoms with Gasteiger partial charge in [-0.2, -0.15) is 4.39 Å². The maximum atomic E-state index is 12.0. The van der Waals surface area contributed by atoms with Crippen molar-refractivity contribution in [1.29, 1.82) is 0 Å². The summed E-state index contributed by atoms with van der Waals surface area (Å²) in [6.45, 7) is 5.22. The summed E-state index contributed by atoms with van der Waals surface area (Å²) in [5.74, 6) is -1.96. The summed E-state index contributed by atoms with van der Waals surface area (Å²) in [6, 6.07) is 0. The summed E-state index contributed by atoms with van der Waals surface area (Å²) in [6.07, 6.45) is 4.06. The van der Waals surface area contributed by atoms with Crippen molar-refractivity contribution in [2.75, 3.05) is 6.61 Å². The highest BCUT2D eigenvalue weighted by atomic mass is 19.1. The summed E-state index contributed by atoms with van der Waals surface area (Å²) in [7, 11) is 0. The molecular formula is C9H15FO2. The van der Waals surface area contributed by atoms with Crippen molar-refractivity contribution in [3.8, 4) is 0 Å². The third kappa shape index (κ3) is 5.89. The fraction of sp³-hybridized carbons (Fsp3) is 0.667. The van der Waals surface area contributed by atoms with Crippen LogP contribution in [0, 0.1) is 0 Å². The van der Waals surface area contributed by atoms with Gasteiger partial charge in [-0.3, -0.25) is 0 Å². The van der Waals surface area contributed by atoms with Crippen LogP contribution in [-0.2, 0) is 9.53 Å². The van der Waals surface area contributed by atoms with Gasteiger partial charge >= 0.3 is 5.97 Å².